The summed E-state index contributed by atoms with van der Waals surface area (Å²) < 4.78 is 5.40. The molecule has 4 heterocycles. The van der Waals surface area contributed by atoms with Gasteiger partial charge in [-0.1, -0.05) is 19.0 Å². The van der Waals surface area contributed by atoms with E-state index >= 15 is 0 Å². The van der Waals surface area contributed by atoms with Crippen molar-refractivity contribution in [3.05, 3.63) is 40.2 Å². The molecule has 0 spiro atoms. The molecule has 4 rings (SSSR count). The molecule has 8 heteroatoms. The van der Waals surface area contributed by atoms with Crippen LogP contribution in [0.4, 0.5) is 5.82 Å². The molecule has 1 aliphatic rings. The van der Waals surface area contributed by atoms with E-state index in [1.54, 1.807) is 17.5 Å². The minimum absolute atomic E-state index is 0.248. The number of likely N-dealkylation sites (tertiary alicyclic amines) is 1. The Hall–Kier alpha value is -2.32. The Morgan fingerprint density at radius 1 is 1.28 bits per heavy atom. The highest BCUT2D eigenvalue weighted by Gasteiger charge is 2.20. The van der Waals surface area contributed by atoms with Crippen molar-refractivity contribution in [2.24, 2.45) is 5.92 Å². The SMILES string of the molecule is Cc1nc(CN2CCC(CNc3cc(-c4nc(C(C)C)no4)ccn3)CC2)cs1. The number of piperidine rings is 1. The maximum atomic E-state index is 5.40. The van der Waals surface area contributed by atoms with Crippen LogP contribution in [0.25, 0.3) is 11.5 Å². The first-order valence-corrected chi connectivity index (χ1v) is 11.1. The second-order valence-electron chi connectivity index (χ2n) is 8.00. The lowest BCUT2D eigenvalue weighted by atomic mass is 9.96. The summed E-state index contributed by atoms with van der Waals surface area (Å²) in [5.74, 6) is 3.03. The smallest absolute Gasteiger partial charge is 0.258 e. The molecule has 0 unspecified atom stereocenters. The molecule has 1 fully saturated rings. The van der Waals surface area contributed by atoms with Gasteiger partial charge in [0.15, 0.2) is 5.82 Å². The summed E-state index contributed by atoms with van der Waals surface area (Å²) in [6.45, 7) is 10.3. The summed E-state index contributed by atoms with van der Waals surface area (Å²) in [7, 11) is 0. The van der Waals surface area contributed by atoms with Crippen LogP contribution in [0.5, 0.6) is 0 Å². The zero-order valence-corrected chi connectivity index (χ0v) is 18.1. The van der Waals surface area contributed by atoms with E-state index in [1.807, 2.05) is 12.1 Å². The van der Waals surface area contributed by atoms with Crippen molar-refractivity contribution < 1.29 is 4.52 Å². The van der Waals surface area contributed by atoms with Gasteiger partial charge < -0.3 is 9.84 Å². The van der Waals surface area contributed by atoms with Gasteiger partial charge in [-0.05, 0) is 50.9 Å². The molecule has 1 aliphatic heterocycles. The highest BCUT2D eigenvalue weighted by molar-refractivity contribution is 7.09. The lowest BCUT2D eigenvalue weighted by Gasteiger charge is -2.31. The molecule has 1 N–H and O–H groups in total. The van der Waals surface area contributed by atoms with Gasteiger partial charge in [0.05, 0.1) is 10.7 Å². The predicted octanol–water partition coefficient (Wildman–Crippen LogP) is 4.34. The highest BCUT2D eigenvalue weighted by atomic mass is 32.1. The van der Waals surface area contributed by atoms with Crippen molar-refractivity contribution in [1.29, 1.82) is 0 Å². The summed E-state index contributed by atoms with van der Waals surface area (Å²) in [6, 6.07) is 3.89. The van der Waals surface area contributed by atoms with Crippen molar-refractivity contribution in [2.75, 3.05) is 25.0 Å². The van der Waals surface area contributed by atoms with E-state index in [2.05, 4.69) is 56.5 Å². The van der Waals surface area contributed by atoms with Crippen molar-refractivity contribution >= 4 is 17.2 Å². The van der Waals surface area contributed by atoms with Crippen LogP contribution in [0.1, 0.15) is 49.1 Å². The molecule has 0 aliphatic carbocycles. The molecule has 0 aromatic carbocycles. The number of rotatable bonds is 7. The molecule has 0 atom stereocenters. The van der Waals surface area contributed by atoms with Crippen LogP contribution < -0.4 is 5.32 Å². The zero-order chi connectivity index (χ0) is 20.2. The van der Waals surface area contributed by atoms with E-state index in [0.29, 0.717) is 11.8 Å². The number of anilines is 1. The van der Waals surface area contributed by atoms with E-state index in [0.717, 1.165) is 48.4 Å². The Balaban J connectivity index is 1.27. The fourth-order valence-corrected chi connectivity index (χ4v) is 4.16. The second kappa shape index (κ2) is 9.00. The lowest BCUT2D eigenvalue weighted by Crippen LogP contribution is -2.35. The van der Waals surface area contributed by atoms with Gasteiger partial charge >= 0.3 is 0 Å². The molecule has 1 saturated heterocycles. The van der Waals surface area contributed by atoms with Crippen LogP contribution in [-0.2, 0) is 6.54 Å². The number of thiazole rings is 1. The van der Waals surface area contributed by atoms with Crippen LogP contribution in [0.2, 0.25) is 0 Å². The van der Waals surface area contributed by atoms with Crippen LogP contribution in [0, 0.1) is 12.8 Å². The number of aryl methyl sites for hydroxylation is 1. The standard InChI is InChI=1S/C21H28N6OS/c1-14(2)20-25-21(28-26-20)17-4-7-22-19(10-17)23-11-16-5-8-27(9-6-16)12-18-13-29-15(3)24-18/h4,7,10,13-14,16H,5-6,8-9,11-12H2,1-3H3,(H,22,23). The fourth-order valence-electron chi connectivity index (χ4n) is 3.55. The molecule has 3 aromatic rings. The average molecular weight is 413 g/mol. The molecule has 0 saturated carbocycles. The van der Waals surface area contributed by atoms with E-state index in [9.17, 15) is 0 Å². The Labute approximate surface area is 175 Å². The Morgan fingerprint density at radius 2 is 2.10 bits per heavy atom. The molecular weight excluding hydrogens is 384 g/mol. The van der Waals surface area contributed by atoms with Crippen LogP contribution in [-0.4, -0.2) is 44.6 Å². The number of nitrogens with zero attached hydrogens (tertiary/aromatic N) is 5. The van der Waals surface area contributed by atoms with Gasteiger partial charge in [-0.25, -0.2) is 9.97 Å². The van der Waals surface area contributed by atoms with Gasteiger partial charge in [0.2, 0.25) is 0 Å². The van der Waals surface area contributed by atoms with Crippen molar-refractivity contribution in [3.8, 4) is 11.5 Å². The third-order valence-corrected chi connectivity index (χ3v) is 6.12. The number of hydrogen-bond acceptors (Lipinski definition) is 8. The Bertz CT molecular complexity index is 929. The molecule has 0 radical (unpaired) electrons. The summed E-state index contributed by atoms with van der Waals surface area (Å²) in [5.41, 5.74) is 2.10. The average Bonchev–Trinajstić information content (AvgIpc) is 3.37. The molecule has 0 amide bonds. The number of aromatic nitrogens is 4. The Morgan fingerprint density at radius 3 is 2.79 bits per heavy atom. The van der Waals surface area contributed by atoms with E-state index in [1.165, 1.54) is 18.5 Å². The highest BCUT2D eigenvalue weighted by Crippen LogP contribution is 2.23. The van der Waals surface area contributed by atoms with E-state index < -0.39 is 0 Å². The van der Waals surface area contributed by atoms with Crippen LogP contribution in [0.3, 0.4) is 0 Å². The van der Waals surface area contributed by atoms with Gasteiger partial charge in [0.25, 0.3) is 5.89 Å². The predicted molar refractivity (Wildman–Crippen MR) is 115 cm³/mol. The number of nitrogens with one attached hydrogen (secondary N) is 1. The molecular formula is C21H28N6OS. The van der Waals surface area contributed by atoms with Gasteiger partial charge in [0.1, 0.15) is 5.82 Å². The van der Waals surface area contributed by atoms with Crippen molar-refractivity contribution in [2.45, 2.75) is 46.1 Å². The summed E-state index contributed by atoms with van der Waals surface area (Å²) in [5, 5.41) is 10.9. The molecule has 29 heavy (non-hydrogen) atoms. The zero-order valence-electron chi connectivity index (χ0n) is 17.3. The molecule has 0 bridgehead atoms. The maximum Gasteiger partial charge on any atom is 0.258 e. The van der Waals surface area contributed by atoms with E-state index in [4.69, 9.17) is 4.52 Å². The Kier molecular flexibility index (Phi) is 6.20. The van der Waals surface area contributed by atoms with E-state index in [-0.39, 0.29) is 5.92 Å². The minimum atomic E-state index is 0.248. The van der Waals surface area contributed by atoms with Crippen LogP contribution in [0.15, 0.2) is 28.2 Å². The fraction of sp³-hybridized carbons (Fsp3) is 0.524. The summed E-state index contributed by atoms with van der Waals surface area (Å²) in [6.07, 6.45) is 4.17. The first-order valence-electron chi connectivity index (χ1n) is 10.2. The molecule has 7 nitrogen and oxygen atoms in total. The second-order valence-corrected chi connectivity index (χ2v) is 9.06. The minimum Gasteiger partial charge on any atom is -0.370 e. The van der Waals surface area contributed by atoms with Crippen LogP contribution >= 0.6 is 11.3 Å². The topological polar surface area (TPSA) is 80.0 Å². The quantitative estimate of drug-likeness (QED) is 0.618. The first kappa shape index (κ1) is 20.0. The van der Waals surface area contributed by atoms with Gasteiger partial charge in [-0.3, -0.25) is 4.90 Å². The maximum absolute atomic E-state index is 5.40. The first-order chi connectivity index (χ1) is 14.1. The number of hydrogen-bond donors (Lipinski definition) is 1. The van der Waals surface area contributed by atoms with Crippen molar-refractivity contribution in [1.82, 2.24) is 25.0 Å². The van der Waals surface area contributed by atoms with Crippen molar-refractivity contribution in [3.63, 3.8) is 0 Å². The van der Waals surface area contributed by atoms with Gasteiger partial charge in [-0.15, -0.1) is 11.3 Å². The third-order valence-electron chi connectivity index (χ3n) is 5.30. The normalized spacial score (nSPS) is 15.9. The monoisotopic (exact) mass is 412 g/mol. The lowest BCUT2D eigenvalue weighted by molar-refractivity contribution is 0.181. The summed E-state index contributed by atoms with van der Waals surface area (Å²) >= 11 is 1.73. The number of pyridine rings is 1. The third kappa shape index (κ3) is 5.19. The van der Waals surface area contributed by atoms with Gasteiger partial charge in [0, 0.05) is 36.1 Å². The summed E-state index contributed by atoms with van der Waals surface area (Å²) in [4.78, 5) is 16.0. The van der Waals surface area contributed by atoms with Gasteiger partial charge in [-0.2, -0.15) is 4.98 Å². The molecule has 154 valence electrons. The molecule has 3 aromatic heterocycles. The largest absolute Gasteiger partial charge is 0.370 e.